The SMILES string of the molecule is CC(O)CC(C)(C)CNC(C)CS(C)(=O)=O. The van der Waals surface area contributed by atoms with Crippen LogP contribution >= 0.6 is 0 Å². The van der Waals surface area contributed by atoms with E-state index in [0.717, 1.165) is 0 Å². The third-order valence-electron chi connectivity index (χ3n) is 2.33. The van der Waals surface area contributed by atoms with E-state index in [-0.39, 0.29) is 23.3 Å². The largest absolute Gasteiger partial charge is 0.393 e. The Kier molecular flexibility index (Phi) is 5.93. The molecule has 0 saturated heterocycles. The lowest BCUT2D eigenvalue weighted by Crippen LogP contribution is -2.40. The molecule has 0 amide bonds. The van der Waals surface area contributed by atoms with Crippen molar-refractivity contribution in [2.45, 2.75) is 46.3 Å². The van der Waals surface area contributed by atoms with Gasteiger partial charge in [-0.05, 0) is 25.7 Å². The van der Waals surface area contributed by atoms with Crippen molar-refractivity contribution in [2.75, 3.05) is 18.6 Å². The van der Waals surface area contributed by atoms with Crippen molar-refractivity contribution in [1.82, 2.24) is 5.32 Å². The number of rotatable bonds is 7. The van der Waals surface area contributed by atoms with E-state index in [2.05, 4.69) is 19.2 Å². The molecule has 0 aliphatic carbocycles. The fraction of sp³-hybridized carbons (Fsp3) is 1.00. The highest BCUT2D eigenvalue weighted by Gasteiger charge is 2.21. The maximum Gasteiger partial charge on any atom is 0.148 e. The first-order valence-corrected chi connectivity index (χ1v) is 7.67. The van der Waals surface area contributed by atoms with Gasteiger partial charge in [-0.2, -0.15) is 0 Å². The summed E-state index contributed by atoms with van der Waals surface area (Å²) in [5.41, 5.74) is -0.0278. The molecule has 0 rings (SSSR count). The molecule has 0 aromatic carbocycles. The first-order valence-electron chi connectivity index (χ1n) is 5.61. The molecule has 0 aromatic heterocycles. The summed E-state index contributed by atoms with van der Waals surface area (Å²) in [6.07, 6.45) is 1.61. The molecule has 2 unspecified atom stereocenters. The Balaban J connectivity index is 4.04. The Bertz CT molecular complexity index is 296. The highest BCUT2D eigenvalue weighted by atomic mass is 32.2. The first-order chi connectivity index (χ1) is 7.02. The molecular weight excluding hydrogens is 226 g/mol. The van der Waals surface area contributed by atoms with Gasteiger partial charge in [-0.15, -0.1) is 0 Å². The molecule has 98 valence electrons. The van der Waals surface area contributed by atoms with Crippen LogP contribution < -0.4 is 5.32 Å². The van der Waals surface area contributed by atoms with Crippen molar-refractivity contribution in [3.63, 3.8) is 0 Å². The van der Waals surface area contributed by atoms with Crippen LogP contribution in [-0.2, 0) is 9.84 Å². The van der Waals surface area contributed by atoms with Gasteiger partial charge in [0.25, 0.3) is 0 Å². The highest BCUT2D eigenvalue weighted by Crippen LogP contribution is 2.21. The molecule has 0 aliphatic heterocycles. The van der Waals surface area contributed by atoms with Crippen LogP contribution in [0.2, 0.25) is 0 Å². The predicted molar refractivity (Wildman–Crippen MR) is 67.3 cm³/mol. The lowest BCUT2D eigenvalue weighted by Gasteiger charge is -2.28. The maximum absolute atomic E-state index is 11.1. The van der Waals surface area contributed by atoms with E-state index in [1.165, 1.54) is 6.26 Å². The summed E-state index contributed by atoms with van der Waals surface area (Å²) in [5, 5.41) is 12.5. The maximum atomic E-state index is 11.1. The number of hydrogen-bond donors (Lipinski definition) is 2. The Morgan fingerprint density at radius 2 is 1.81 bits per heavy atom. The van der Waals surface area contributed by atoms with E-state index < -0.39 is 9.84 Å². The lowest BCUT2D eigenvalue weighted by molar-refractivity contribution is 0.127. The molecule has 0 saturated carbocycles. The summed E-state index contributed by atoms with van der Waals surface area (Å²) in [6, 6.07) is -0.0525. The highest BCUT2D eigenvalue weighted by molar-refractivity contribution is 7.90. The molecule has 2 N–H and O–H groups in total. The number of aliphatic hydroxyl groups is 1. The molecular formula is C11H25NO3S. The van der Waals surface area contributed by atoms with Gasteiger partial charge < -0.3 is 10.4 Å². The van der Waals surface area contributed by atoms with Gasteiger partial charge in [0.15, 0.2) is 0 Å². The van der Waals surface area contributed by atoms with Crippen LogP contribution in [0.1, 0.15) is 34.1 Å². The zero-order chi connectivity index (χ0) is 13.0. The summed E-state index contributed by atoms with van der Waals surface area (Å²) < 4.78 is 22.1. The van der Waals surface area contributed by atoms with Crippen molar-refractivity contribution in [1.29, 1.82) is 0 Å². The van der Waals surface area contributed by atoms with Crippen molar-refractivity contribution in [2.24, 2.45) is 5.41 Å². The fourth-order valence-corrected chi connectivity index (χ4v) is 2.86. The molecule has 2 atom stereocenters. The minimum Gasteiger partial charge on any atom is -0.393 e. The molecule has 0 bridgehead atoms. The second-order valence-corrected chi connectivity index (χ2v) is 7.78. The van der Waals surface area contributed by atoms with Gasteiger partial charge in [-0.25, -0.2) is 8.42 Å². The monoisotopic (exact) mass is 251 g/mol. The molecule has 0 radical (unpaired) electrons. The Labute approximate surface area is 99.4 Å². The van der Waals surface area contributed by atoms with Gasteiger partial charge in [0, 0.05) is 18.8 Å². The number of nitrogens with one attached hydrogen (secondary N) is 1. The summed E-state index contributed by atoms with van der Waals surface area (Å²) in [7, 11) is -2.93. The quantitative estimate of drug-likeness (QED) is 0.702. The van der Waals surface area contributed by atoms with Gasteiger partial charge in [0.2, 0.25) is 0 Å². The van der Waals surface area contributed by atoms with Gasteiger partial charge in [0.1, 0.15) is 9.84 Å². The number of sulfone groups is 1. The fourth-order valence-electron chi connectivity index (χ4n) is 1.84. The van der Waals surface area contributed by atoms with E-state index in [1.54, 1.807) is 6.92 Å². The zero-order valence-electron chi connectivity index (χ0n) is 10.9. The van der Waals surface area contributed by atoms with Crippen LogP contribution in [0, 0.1) is 5.41 Å². The van der Waals surface area contributed by atoms with E-state index in [9.17, 15) is 13.5 Å². The minimum absolute atomic E-state index is 0.0278. The van der Waals surface area contributed by atoms with E-state index >= 15 is 0 Å². The average Bonchev–Trinajstić information content (AvgIpc) is 1.95. The Hall–Kier alpha value is -0.130. The number of aliphatic hydroxyl groups excluding tert-OH is 1. The molecule has 0 aliphatic rings. The third kappa shape index (κ3) is 9.12. The molecule has 0 spiro atoms. The molecule has 0 fully saturated rings. The minimum atomic E-state index is -2.93. The predicted octanol–water partition coefficient (Wildman–Crippen LogP) is 0.806. The van der Waals surface area contributed by atoms with Gasteiger partial charge in [-0.1, -0.05) is 13.8 Å². The standard InChI is InChI=1S/C11H25NO3S/c1-9(7-16(5,14)15)12-8-11(3,4)6-10(2)13/h9-10,12-13H,6-8H2,1-5H3. The van der Waals surface area contributed by atoms with Gasteiger partial charge in [-0.3, -0.25) is 0 Å². The average molecular weight is 251 g/mol. The summed E-state index contributed by atoms with van der Waals surface area (Å²) >= 11 is 0. The van der Waals surface area contributed by atoms with E-state index in [4.69, 9.17) is 0 Å². The topological polar surface area (TPSA) is 66.4 Å². The zero-order valence-corrected chi connectivity index (χ0v) is 11.8. The van der Waals surface area contributed by atoms with Crippen LogP contribution in [0.4, 0.5) is 0 Å². The molecule has 0 heterocycles. The Morgan fingerprint density at radius 3 is 2.19 bits per heavy atom. The summed E-state index contributed by atoms with van der Waals surface area (Å²) in [5.74, 6) is 0.151. The van der Waals surface area contributed by atoms with E-state index in [1.807, 2.05) is 6.92 Å². The van der Waals surface area contributed by atoms with Crippen molar-refractivity contribution in [3.05, 3.63) is 0 Å². The third-order valence-corrected chi connectivity index (χ3v) is 3.44. The van der Waals surface area contributed by atoms with Crippen molar-refractivity contribution in [3.8, 4) is 0 Å². The van der Waals surface area contributed by atoms with Crippen LogP contribution in [0.5, 0.6) is 0 Å². The van der Waals surface area contributed by atoms with Gasteiger partial charge in [0.05, 0.1) is 11.9 Å². The van der Waals surface area contributed by atoms with Crippen LogP contribution in [0.3, 0.4) is 0 Å². The number of hydrogen-bond acceptors (Lipinski definition) is 4. The Morgan fingerprint density at radius 1 is 1.31 bits per heavy atom. The van der Waals surface area contributed by atoms with Gasteiger partial charge >= 0.3 is 0 Å². The summed E-state index contributed by atoms with van der Waals surface area (Å²) in [6.45, 7) is 8.44. The van der Waals surface area contributed by atoms with Crippen molar-refractivity contribution < 1.29 is 13.5 Å². The summed E-state index contributed by atoms with van der Waals surface area (Å²) in [4.78, 5) is 0. The van der Waals surface area contributed by atoms with E-state index in [0.29, 0.717) is 13.0 Å². The normalized spacial score (nSPS) is 17.1. The van der Waals surface area contributed by atoms with Crippen molar-refractivity contribution >= 4 is 9.84 Å². The molecule has 16 heavy (non-hydrogen) atoms. The van der Waals surface area contributed by atoms with Crippen LogP contribution in [0.15, 0.2) is 0 Å². The van der Waals surface area contributed by atoms with Crippen LogP contribution in [-0.4, -0.2) is 44.2 Å². The molecule has 0 aromatic rings. The van der Waals surface area contributed by atoms with Crippen LogP contribution in [0.25, 0.3) is 0 Å². The second-order valence-electron chi connectivity index (χ2n) is 5.59. The second kappa shape index (κ2) is 5.98. The molecule has 4 nitrogen and oxygen atoms in total. The first kappa shape index (κ1) is 15.9. The lowest BCUT2D eigenvalue weighted by atomic mass is 9.87. The molecule has 5 heteroatoms. The smallest absolute Gasteiger partial charge is 0.148 e.